The summed E-state index contributed by atoms with van der Waals surface area (Å²) in [4.78, 5) is 11.9. The van der Waals surface area contributed by atoms with Gasteiger partial charge in [0.05, 0.1) is 5.56 Å². The van der Waals surface area contributed by atoms with Crippen LogP contribution in [0.25, 0.3) is 0 Å². The molecule has 1 unspecified atom stereocenters. The molecular formula is C14H19BrFNO. The van der Waals surface area contributed by atoms with E-state index in [-0.39, 0.29) is 11.5 Å². The fraction of sp³-hybridized carbons (Fsp3) is 0.500. The molecule has 1 N–H and O–H groups in total. The zero-order valence-electron chi connectivity index (χ0n) is 10.8. The van der Waals surface area contributed by atoms with Gasteiger partial charge in [-0.05, 0) is 31.4 Å². The van der Waals surface area contributed by atoms with Crippen molar-refractivity contribution in [2.75, 3.05) is 11.9 Å². The van der Waals surface area contributed by atoms with E-state index < -0.39 is 5.82 Å². The number of hydrogen-bond acceptors (Lipinski definition) is 1. The molecule has 0 aliphatic carbocycles. The van der Waals surface area contributed by atoms with Crippen LogP contribution in [0.2, 0.25) is 0 Å². The Morgan fingerprint density at radius 1 is 1.50 bits per heavy atom. The number of alkyl halides is 1. The van der Waals surface area contributed by atoms with Crippen molar-refractivity contribution in [2.45, 2.75) is 26.7 Å². The van der Waals surface area contributed by atoms with Gasteiger partial charge in [-0.1, -0.05) is 40.9 Å². The van der Waals surface area contributed by atoms with E-state index in [1.54, 1.807) is 12.1 Å². The van der Waals surface area contributed by atoms with Crippen molar-refractivity contribution in [3.63, 3.8) is 0 Å². The van der Waals surface area contributed by atoms with Gasteiger partial charge in [0.2, 0.25) is 0 Å². The van der Waals surface area contributed by atoms with E-state index in [2.05, 4.69) is 28.2 Å². The van der Waals surface area contributed by atoms with Gasteiger partial charge in [-0.15, -0.1) is 0 Å². The first kappa shape index (κ1) is 15.2. The Balaban J connectivity index is 2.62. The fourth-order valence-corrected chi connectivity index (χ4v) is 2.40. The van der Waals surface area contributed by atoms with Gasteiger partial charge in [0, 0.05) is 11.9 Å². The van der Waals surface area contributed by atoms with E-state index in [4.69, 9.17) is 0 Å². The minimum atomic E-state index is -0.466. The Hall–Kier alpha value is -0.900. The molecule has 4 heteroatoms. The maximum atomic E-state index is 13.5. The van der Waals surface area contributed by atoms with Crippen LogP contribution >= 0.6 is 15.9 Å². The topological polar surface area (TPSA) is 29.1 Å². The monoisotopic (exact) mass is 315 g/mol. The summed E-state index contributed by atoms with van der Waals surface area (Å²) in [6.45, 7) is 4.52. The minimum absolute atomic E-state index is 0.128. The van der Waals surface area contributed by atoms with Crippen LogP contribution in [0.15, 0.2) is 18.2 Å². The highest BCUT2D eigenvalue weighted by atomic mass is 79.9. The molecule has 1 atom stereocenters. The molecule has 18 heavy (non-hydrogen) atoms. The fourth-order valence-electron chi connectivity index (χ4n) is 1.75. The third kappa shape index (κ3) is 4.41. The lowest BCUT2D eigenvalue weighted by atomic mass is 10.0. The molecular weight excluding hydrogens is 297 g/mol. The minimum Gasteiger partial charge on any atom is -0.352 e. The molecule has 0 spiro atoms. The summed E-state index contributed by atoms with van der Waals surface area (Å²) < 4.78 is 13.5. The summed E-state index contributed by atoms with van der Waals surface area (Å²) >= 11 is 3.39. The number of amides is 1. The smallest absolute Gasteiger partial charge is 0.254 e. The normalized spacial score (nSPS) is 12.2. The lowest BCUT2D eigenvalue weighted by Gasteiger charge is -2.14. The van der Waals surface area contributed by atoms with Gasteiger partial charge in [-0.25, -0.2) is 4.39 Å². The van der Waals surface area contributed by atoms with Crippen LogP contribution in [-0.4, -0.2) is 17.8 Å². The zero-order chi connectivity index (χ0) is 13.5. The first-order valence-corrected chi connectivity index (χ1v) is 7.31. The number of carbonyl (C=O) groups excluding carboxylic acids is 1. The average molecular weight is 316 g/mol. The van der Waals surface area contributed by atoms with E-state index in [0.717, 1.165) is 23.7 Å². The van der Waals surface area contributed by atoms with E-state index in [9.17, 15) is 9.18 Å². The predicted octanol–water partition coefficient (Wildman–Crippen LogP) is 3.68. The van der Waals surface area contributed by atoms with Crippen LogP contribution in [-0.2, 0) is 0 Å². The summed E-state index contributed by atoms with van der Waals surface area (Å²) in [5.74, 6) is -0.364. The van der Waals surface area contributed by atoms with Gasteiger partial charge in [-0.2, -0.15) is 0 Å². The van der Waals surface area contributed by atoms with Gasteiger partial charge < -0.3 is 5.32 Å². The lowest BCUT2D eigenvalue weighted by Crippen LogP contribution is -2.30. The van der Waals surface area contributed by atoms with E-state index >= 15 is 0 Å². The summed E-state index contributed by atoms with van der Waals surface area (Å²) in [6.07, 6.45) is 2.01. The van der Waals surface area contributed by atoms with Crippen molar-refractivity contribution >= 4 is 21.8 Å². The molecule has 0 radical (unpaired) electrons. The Kier molecular flexibility index (Phi) is 6.33. The van der Waals surface area contributed by atoms with Crippen LogP contribution in [0.1, 0.15) is 35.7 Å². The second-order valence-corrected chi connectivity index (χ2v) is 5.24. The molecule has 0 fully saturated rings. The third-order valence-electron chi connectivity index (χ3n) is 3.01. The Bertz CT molecular complexity index is 409. The van der Waals surface area contributed by atoms with Crippen molar-refractivity contribution < 1.29 is 9.18 Å². The first-order chi connectivity index (χ1) is 8.58. The second kappa shape index (κ2) is 7.52. The van der Waals surface area contributed by atoms with Crippen LogP contribution < -0.4 is 5.32 Å². The summed E-state index contributed by atoms with van der Waals surface area (Å²) in [6, 6.07) is 4.57. The molecule has 1 aromatic carbocycles. The molecule has 1 rings (SSSR count). The number of hydrogen-bond donors (Lipinski definition) is 1. The number of halogens is 2. The second-order valence-electron chi connectivity index (χ2n) is 4.45. The van der Waals surface area contributed by atoms with Crippen molar-refractivity contribution in [3.05, 3.63) is 35.1 Å². The predicted molar refractivity (Wildman–Crippen MR) is 75.7 cm³/mol. The van der Waals surface area contributed by atoms with Crippen molar-refractivity contribution in [1.29, 1.82) is 0 Å². The molecule has 0 bridgehead atoms. The van der Waals surface area contributed by atoms with Gasteiger partial charge in [0.1, 0.15) is 5.82 Å². The molecule has 1 amide bonds. The van der Waals surface area contributed by atoms with Crippen molar-refractivity contribution in [1.82, 2.24) is 5.32 Å². The standard InChI is InChI=1S/C14H19BrFNO/c1-3-11(6-7-15)9-17-14(18)12-8-10(2)4-5-13(12)16/h4-5,8,11H,3,6-7,9H2,1-2H3,(H,17,18). The van der Waals surface area contributed by atoms with Crippen LogP contribution in [0.3, 0.4) is 0 Å². The Labute approximate surface area is 116 Å². The molecule has 0 heterocycles. The van der Waals surface area contributed by atoms with Crippen LogP contribution in [0.4, 0.5) is 4.39 Å². The number of rotatable bonds is 6. The van der Waals surface area contributed by atoms with E-state index in [1.165, 1.54) is 6.07 Å². The van der Waals surface area contributed by atoms with E-state index in [0.29, 0.717) is 12.5 Å². The number of carbonyl (C=O) groups is 1. The highest BCUT2D eigenvalue weighted by molar-refractivity contribution is 9.09. The maximum absolute atomic E-state index is 13.5. The molecule has 2 nitrogen and oxygen atoms in total. The Morgan fingerprint density at radius 2 is 2.22 bits per heavy atom. The van der Waals surface area contributed by atoms with E-state index in [1.807, 2.05) is 6.92 Å². The SMILES string of the molecule is CCC(CCBr)CNC(=O)c1cc(C)ccc1F. The first-order valence-electron chi connectivity index (χ1n) is 6.18. The van der Waals surface area contributed by atoms with Crippen LogP contribution in [0, 0.1) is 18.7 Å². The third-order valence-corrected chi connectivity index (χ3v) is 3.47. The van der Waals surface area contributed by atoms with Crippen molar-refractivity contribution in [2.24, 2.45) is 5.92 Å². The van der Waals surface area contributed by atoms with Crippen molar-refractivity contribution in [3.8, 4) is 0 Å². The maximum Gasteiger partial charge on any atom is 0.254 e. The largest absolute Gasteiger partial charge is 0.352 e. The summed E-state index contributed by atoms with van der Waals surface area (Å²) in [5.41, 5.74) is 1.01. The molecule has 0 aromatic heterocycles. The lowest BCUT2D eigenvalue weighted by molar-refractivity contribution is 0.0942. The molecule has 1 aromatic rings. The highest BCUT2D eigenvalue weighted by Crippen LogP contribution is 2.12. The molecule has 0 aliphatic rings. The van der Waals surface area contributed by atoms with Crippen LogP contribution in [0.5, 0.6) is 0 Å². The van der Waals surface area contributed by atoms with Gasteiger partial charge in [0.15, 0.2) is 0 Å². The molecule has 0 saturated heterocycles. The summed E-state index contributed by atoms with van der Waals surface area (Å²) in [7, 11) is 0. The number of nitrogens with one attached hydrogen (secondary N) is 1. The van der Waals surface area contributed by atoms with Gasteiger partial charge in [0.25, 0.3) is 5.91 Å². The quantitative estimate of drug-likeness (QED) is 0.797. The zero-order valence-corrected chi connectivity index (χ0v) is 12.4. The highest BCUT2D eigenvalue weighted by Gasteiger charge is 2.13. The number of benzene rings is 1. The molecule has 100 valence electrons. The summed E-state index contributed by atoms with van der Waals surface area (Å²) in [5, 5.41) is 3.72. The average Bonchev–Trinajstić information content (AvgIpc) is 2.37. The van der Waals surface area contributed by atoms with Gasteiger partial charge >= 0.3 is 0 Å². The Morgan fingerprint density at radius 3 is 2.83 bits per heavy atom. The molecule has 0 aliphatic heterocycles. The van der Waals surface area contributed by atoms with Gasteiger partial charge in [-0.3, -0.25) is 4.79 Å². The number of aryl methyl sites for hydroxylation is 1. The molecule has 0 saturated carbocycles.